The van der Waals surface area contributed by atoms with E-state index in [-0.39, 0.29) is 18.0 Å². The van der Waals surface area contributed by atoms with E-state index >= 15 is 0 Å². The number of piperazine rings is 1. The van der Waals surface area contributed by atoms with Gasteiger partial charge in [0.25, 0.3) is 5.91 Å². The average Bonchev–Trinajstić information content (AvgIpc) is 3.41. The second-order valence-electron chi connectivity index (χ2n) is 11.8. The topological polar surface area (TPSA) is 82.5 Å². The number of nitrogens with one attached hydrogen (secondary N) is 2. The minimum atomic E-state index is -0.129. The molecule has 1 aromatic carbocycles. The van der Waals surface area contributed by atoms with Crippen LogP contribution >= 0.6 is 0 Å². The molecule has 2 aliphatic carbocycles. The second kappa shape index (κ2) is 12.4. The van der Waals surface area contributed by atoms with Gasteiger partial charge >= 0.3 is 6.03 Å². The van der Waals surface area contributed by atoms with Gasteiger partial charge in [-0.1, -0.05) is 43.5 Å². The van der Waals surface area contributed by atoms with Crippen LogP contribution in [0.2, 0.25) is 0 Å². The zero-order valence-electron chi connectivity index (χ0n) is 23.4. The molecular weight excluding hydrogens is 500 g/mol. The molecule has 40 heavy (non-hydrogen) atoms. The number of para-hydroxylation sites is 1. The monoisotopic (exact) mass is 542 g/mol. The fourth-order valence-electron chi connectivity index (χ4n) is 7.00. The van der Waals surface area contributed by atoms with E-state index in [2.05, 4.69) is 54.4 Å². The largest absolute Gasteiger partial charge is 0.344 e. The summed E-state index contributed by atoms with van der Waals surface area (Å²) in [4.78, 5) is 35.0. The molecule has 1 saturated heterocycles. The smallest absolute Gasteiger partial charge is 0.315 e. The van der Waals surface area contributed by atoms with Gasteiger partial charge in [-0.3, -0.25) is 14.7 Å². The highest BCUT2D eigenvalue weighted by Crippen LogP contribution is 2.34. The molecule has 0 atom stereocenters. The molecule has 8 nitrogen and oxygen atoms in total. The molecule has 3 heterocycles. The molecule has 6 rings (SSSR count). The van der Waals surface area contributed by atoms with Gasteiger partial charge in [-0.25, -0.2) is 4.79 Å². The van der Waals surface area contributed by atoms with E-state index in [1.807, 2.05) is 18.2 Å². The van der Waals surface area contributed by atoms with Gasteiger partial charge in [0.2, 0.25) is 0 Å². The third-order valence-electron chi connectivity index (χ3n) is 9.26. The number of benzene rings is 1. The van der Waals surface area contributed by atoms with E-state index in [0.717, 1.165) is 73.9 Å². The Morgan fingerprint density at radius 2 is 1.62 bits per heavy atom. The Balaban J connectivity index is 1.06. The van der Waals surface area contributed by atoms with Crippen molar-refractivity contribution < 1.29 is 9.59 Å². The number of rotatable bonds is 6. The molecule has 2 saturated carbocycles. The van der Waals surface area contributed by atoms with Gasteiger partial charge in [-0.05, 0) is 56.2 Å². The summed E-state index contributed by atoms with van der Waals surface area (Å²) in [5.41, 5.74) is 2.95. The lowest BCUT2D eigenvalue weighted by Gasteiger charge is -2.40. The van der Waals surface area contributed by atoms with Crippen molar-refractivity contribution in [2.24, 2.45) is 0 Å². The van der Waals surface area contributed by atoms with E-state index in [1.54, 1.807) is 12.4 Å². The molecule has 3 fully saturated rings. The Morgan fingerprint density at radius 3 is 2.38 bits per heavy atom. The molecule has 3 amide bonds. The summed E-state index contributed by atoms with van der Waals surface area (Å²) in [5.74, 6) is 0.166. The van der Waals surface area contributed by atoms with E-state index in [0.29, 0.717) is 18.6 Å². The first-order valence-electron chi connectivity index (χ1n) is 15.2. The summed E-state index contributed by atoms with van der Waals surface area (Å²) in [6.45, 7) is 4.07. The van der Waals surface area contributed by atoms with Gasteiger partial charge in [0.15, 0.2) is 0 Å². The molecule has 3 aromatic rings. The lowest BCUT2D eigenvalue weighted by molar-refractivity contribution is 0.0524. The number of fused-ring (bicyclic) bond motifs is 1. The van der Waals surface area contributed by atoms with Crippen LogP contribution in [0.4, 0.5) is 4.79 Å². The van der Waals surface area contributed by atoms with Gasteiger partial charge in [0.1, 0.15) is 0 Å². The fraction of sp³-hybridized carbons (Fsp3) is 0.531. The van der Waals surface area contributed by atoms with E-state index in [9.17, 15) is 9.59 Å². The number of carbonyl (C=O) groups is 2. The normalized spacial score (nSPS) is 22.8. The van der Waals surface area contributed by atoms with Crippen molar-refractivity contribution >= 4 is 22.8 Å². The minimum Gasteiger partial charge on any atom is -0.344 e. The summed E-state index contributed by atoms with van der Waals surface area (Å²) >= 11 is 0. The van der Waals surface area contributed by atoms with Gasteiger partial charge in [0, 0.05) is 80.3 Å². The number of amides is 3. The maximum atomic E-state index is 13.8. The van der Waals surface area contributed by atoms with Crippen molar-refractivity contribution in [3.63, 3.8) is 0 Å². The first kappa shape index (κ1) is 26.8. The van der Waals surface area contributed by atoms with Crippen molar-refractivity contribution in [2.75, 3.05) is 26.2 Å². The van der Waals surface area contributed by atoms with Crippen LogP contribution in [0.15, 0.2) is 55.0 Å². The average molecular weight is 543 g/mol. The van der Waals surface area contributed by atoms with Crippen molar-refractivity contribution in [3.8, 4) is 0 Å². The highest BCUT2D eigenvalue weighted by atomic mass is 16.2. The van der Waals surface area contributed by atoms with Crippen molar-refractivity contribution in [1.29, 1.82) is 0 Å². The van der Waals surface area contributed by atoms with Crippen LogP contribution in [-0.4, -0.2) is 69.6 Å². The van der Waals surface area contributed by atoms with E-state index in [1.165, 1.54) is 32.1 Å². The summed E-state index contributed by atoms with van der Waals surface area (Å²) in [6, 6.07) is 13.2. The molecule has 0 unspecified atom stereocenters. The quantitative estimate of drug-likeness (QED) is 0.454. The van der Waals surface area contributed by atoms with Crippen LogP contribution in [0.3, 0.4) is 0 Å². The summed E-state index contributed by atoms with van der Waals surface area (Å²) in [7, 11) is 0. The maximum Gasteiger partial charge on any atom is 0.315 e. The molecule has 3 aliphatic rings. The number of hydrogen-bond donors (Lipinski definition) is 2. The summed E-state index contributed by atoms with van der Waals surface area (Å²) in [5, 5.41) is 7.14. The van der Waals surface area contributed by atoms with Crippen LogP contribution < -0.4 is 10.6 Å². The molecular formula is C32H42N6O2. The van der Waals surface area contributed by atoms with Gasteiger partial charge in [-0.15, -0.1) is 0 Å². The van der Waals surface area contributed by atoms with Gasteiger partial charge in [-0.2, -0.15) is 0 Å². The van der Waals surface area contributed by atoms with E-state index < -0.39 is 0 Å². The van der Waals surface area contributed by atoms with Crippen LogP contribution in [0.5, 0.6) is 0 Å². The molecule has 1 aliphatic heterocycles. The van der Waals surface area contributed by atoms with Crippen LogP contribution in [0, 0.1) is 0 Å². The Labute approximate surface area is 237 Å². The molecule has 0 radical (unpaired) electrons. The van der Waals surface area contributed by atoms with Crippen molar-refractivity contribution in [3.05, 3.63) is 66.1 Å². The number of aromatic nitrogens is 2. The zero-order valence-corrected chi connectivity index (χ0v) is 23.4. The third-order valence-corrected chi connectivity index (χ3v) is 9.26. The van der Waals surface area contributed by atoms with Crippen molar-refractivity contribution in [1.82, 2.24) is 30.0 Å². The number of pyridine rings is 1. The zero-order chi connectivity index (χ0) is 27.3. The SMILES string of the molecule is O=C(NCc1cccnc1)NC1CCC(n2cc(C(=O)N3CCN(C4CCCCC4)CC3)c3ccccc32)CC1. The van der Waals surface area contributed by atoms with Crippen LogP contribution in [-0.2, 0) is 6.54 Å². The first-order chi connectivity index (χ1) is 19.7. The highest BCUT2D eigenvalue weighted by molar-refractivity contribution is 6.07. The summed E-state index contributed by atoms with van der Waals surface area (Å²) < 4.78 is 2.33. The van der Waals surface area contributed by atoms with Crippen LogP contribution in [0.25, 0.3) is 10.9 Å². The molecule has 8 heteroatoms. The maximum absolute atomic E-state index is 13.8. The highest BCUT2D eigenvalue weighted by Gasteiger charge is 2.30. The van der Waals surface area contributed by atoms with Gasteiger partial charge in [0.05, 0.1) is 5.56 Å². The first-order valence-corrected chi connectivity index (χ1v) is 15.2. The Bertz CT molecular complexity index is 1290. The third kappa shape index (κ3) is 6.02. The Kier molecular flexibility index (Phi) is 8.32. The lowest BCUT2D eigenvalue weighted by atomic mass is 9.91. The molecule has 212 valence electrons. The van der Waals surface area contributed by atoms with Crippen molar-refractivity contribution in [2.45, 2.75) is 82.5 Å². The number of carbonyl (C=O) groups excluding carboxylic acids is 2. The molecule has 0 spiro atoms. The minimum absolute atomic E-state index is 0.129. The van der Waals surface area contributed by atoms with Gasteiger partial charge < -0.3 is 20.1 Å². The number of urea groups is 1. The lowest BCUT2D eigenvalue weighted by Crippen LogP contribution is -2.52. The predicted octanol–water partition coefficient (Wildman–Crippen LogP) is 5.11. The fourth-order valence-corrected chi connectivity index (χ4v) is 7.00. The van der Waals surface area contributed by atoms with E-state index in [4.69, 9.17) is 0 Å². The number of hydrogen-bond acceptors (Lipinski definition) is 4. The second-order valence-corrected chi connectivity index (χ2v) is 11.8. The molecule has 0 bridgehead atoms. The summed E-state index contributed by atoms with van der Waals surface area (Å²) in [6.07, 6.45) is 16.1. The predicted molar refractivity (Wildman–Crippen MR) is 157 cm³/mol. The molecule has 2 aromatic heterocycles. The number of nitrogens with zero attached hydrogens (tertiary/aromatic N) is 4. The standard InChI is InChI=1S/C32H42N6O2/c39-31(37-19-17-36(18-20-37)26-8-2-1-3-9-26)29-23-38(30-11-5-4-10-28(29)30)27-14-12-25(13-15-27)35-32(40)34-22-24-7-6-16-33-21-24/h4-7,10-11,16,21,23,25-27H,1-3,8-9,12-15,17-20,22H2,(H2,34,35,40). The molecule has 2 N–H and O–H groups in total. The Hall–Kier alpha value is -3.39. The van der Waals surface area contributed by atoms with Crippen LogP contribution in [0.1, 0.15) is 79.8 Å². The Morgan fingerprint density at radius 1 is 0.850 bits per heavy atom.